The third-order valence-electron chi connectivity index (χ3n) is 3.12. The van der Waals surface area contributed by atoms with Gasteiger partial charge in [-0.1, -0.05) is 37.3 Å². The lowest BCUT2D eigenvalue weighted by Gasteiger charge is -2.24. The first-order chi connectivity index (χ1) is 7.30. The van der Waals surface area contributed by atoms with E-state index in [0.29, 0.717) is 6.10 Å². The number of nitriles is 1. The molecule has 15 heavy (non-hydrogen) atoms. The maximum absolute atomic E-state index is 9.40. The molecule has 0 spiro atoms. The first kappa shape index (κ1) is 10.2. The fraction of sp³-hybridized carbons (Fsp3) is 0.462. The van der Waals surface area contributed by atoms with Crippen LogP contribution in [0.15, 0.2) is 30.3 Å². The molecule has 2 unspecified atom stereocenters. The third kappa shape index (κ3) is 2.03. The molecule has 0 bridgehead atoms. The topological polar surface area (TPSA) is 36.3 Å². The molecular weight excluding hydrogens is 186 g/mol. The Bertz CT molecular complexity index is 364. The summed E-state index contributed by atoms with van der Waals surface area (Å²) in [6, 6.07) is 12.5. The van der Waals surface area contributed by atoms with Gasteiger partial charge in [0.1, 0.15) is 0 Å². The molecule has 1 aromatic rings. The molecule has 1 saturated heterocycles. The van der Waals surface area contributed by atoms with Gasteiger partial charge in [0.25, 0.3) is 0 Å². The first-order valence-corrected chi connectivity index (χ1v) is 5.39. The molecule has 1 aliphatic heterocycles. The summed E-state index contributed by atoms with van der Waals surface area (Å²) in [5.41, 5.74) is 0.758. The summed E-state index contributed by atoms with van der Waals surface area (Å²) in [6.45, 7) is 2.88. The van der Waals surface area contributed by atoms with E-state index < -0.39 is 0 Å². The SMILES string of the molecule is CCC(C#N)(CC1CO1)c1ccccc1. The summed E-state index contributed by atoms with van der Waals surface area (Å²) in [6.07, 6.45) is 1.96. The van der Waals surface area contributed by atoms with Crippen molar-refractivity contribution in [2.24, 2.45) is 0 Å². The van der Waals surface area contributed by atoms with Gasteiger partial charge in [-0.05, 0) is 18.4 Å². The predicted octanol–water partition coefficient (Wildman–Crippen LogP) is 2.65. The second-order valence-electron chi connectivity index (χ2n) is 4.07. The largest absolute Gasteiger partial charge is 0.373 e. The van der Waals surface area contributed by atoms with Gasteiger partial charge in [0.05, 0.1) is 24.2 Å². The molecule has 1 fully saturated rings. The summed E-state index contributed by atoms with van der Waals surface area (Å²) in [4.78, 5) is 0. The first-order valence-electron chi connectivity index (χ1n) is 5.39. The molecule has 78 valence electrons. The maximum atomic E-state index is 9.40. The Hall–Kier alpha value is -1.33. The third-order valence-corrected chi connectivity index (χ3v) is 3.12. The van der Waals surface area contributed by atoms with E-state index in [4.69, 9.17) is 4.74 Å². The van der Waals surface area contributed by atoms with Crippen LogP contribution >= 0.6 is 0 Å². The molecule has 2 heteroatoms. The molecule has 0 N–H and O–H groups in total. The molecule has 0 amide bonds. The molecule has 1 aromatic carbocycles. The lowest BCUT2D eigenvalue weighted by Crippen LogP contribution is -2.25. The van der Waals surface area contributed by atoms with Crippen LogP contribution in [0.25, 0.3) is 0 Å². The van der Waals surface area contributed by atoms with Gasteiger partial charge in [-0.25, -0.2) is 0 Å². The Morgan fingerprint density at radius 1 is 1.47 bits per heavy atom. The van der Waals surface area contributed by atoms with Crippen molar-refractivity contribution in [2.45, 2.75) is 31.3 Å². The number of hydrogen-bond acceptors (Lipinski definition) is 2. The monoisotopic (exact) mass is 201 g/mol. The van der Waals surface area contributed by atoms with Gasteiger partial charge in [0, 0.05) is 0 Å². The highest BCUT2D eigenvalue weighted by Gasteiger charge is 2.38. The number of epoxide rings is 1. The number of rotatable bonds is 4. The van der Waals surface area contributed by atoms with E-state index in [1.807, 2.05) is 30.3 Å². The lowest BCUT2D eigenvalue weighted by atomic mass is 9.76. The molecule has 0 aromatic heterocycles. The van der Waals surface area contributed by atoms with Crippen LogP contribution in [0.4, 0.5) is 0 Å². The van der Waals surface area contributed by atoms with Crippen LogP contribution < -0.4 is 0 Å². The highest BCUT2D eigenvalue weighted by molar-refractivity contribution is 5.32. The molecule has 0 aliphatic carbocycles. The highest BCUT2D eigenvalue weighted by atomic mass is 16.6. The summed E-state index contributed by atoms with van der Waals surface area (Å²) in [5, 5.41) is 9.40. The van der Waals surface area contributed by atoms with Crippen molar-refractivity contribution < 1.29 is 4.74 Å². The minimum Gasteiger partial charge on any atom is -0.373 e. The van der Waals surface area contributed by atoms with Crippen molar-refractivity contribution in [3.63, 3.8) is 0 Å². The maximum Gasteiger partial charge on any atom is 0.0845 e. The van der Waals surface area contributed by atoms with Crippen molar-refractivity contribution in [3.05, 3.63) is 35.9 Å². The quantitative estimate of drug-likeness (QED) is 0.702. The van der Waals surface area contributed by atoms with Crippen molar-refractivity contribution in [1.82, 2.24) is 0 Å². The molecule has 2 atom stereocenters. The van der Waals surface area contributed by atoms with Crippen LogP contribution in [-0.2, 0) is 10.2 Å². The van der Waals surface area contributed by atoms with E-state index in [0.717, 1.165) is 25.0 Å². The Balaban J connectivity index is 2.28. The zero-order chi connectivity index (χ0) is 10.7. The van der Waals surface area contributed by atoms with E-state index in [2.05, 4.69) is 13.0 Å². The van der Waals surface area contributed by atoms with E-state index in [9.17, 15) is 5.26 Å². The van der Waals surface area contributed by atoms with E-state index in [-0.39, 0.29) is 5.41 Å². The zero-order valence-corrected chi connectivity index (χ0v) is 8.94. The van der Waals surface area contributed by atoms with Crippen molar-refractivity contribution >= 4 is 0 Å². The van der Waals surface area contributed by atoms with Crippen LogP contribution in [0.2, 0.25) is 0 Å². The van der Waals surface area contributed by atoms with Crippen LogP contribution in [0.3, 0.4) is 0 Å². The molecule has 1 aliphatic rings. The molecular formula is C13H15NO. The number of benzene rings is 1. The van der Waals surface area contributed by atoms with E-state index >= 15 is 0 Å². The summed E-state index contributed by atoms with van der Waals surface area (Å²) in [7, 11) is 0. The Labute approximate surface area is 90.5 Å². The Kier molecular flexibility index (Phi) is 2.75. The van der Waals surface area contributed by atoms with Gasteiger partial charge in [-0.15, -0.1) is 0 Å². The number of nitrogens with zero attached hydrogens (tertiary/aromatic N) is 1. The molecule has 0 radical (unpaired) electrons. The molecule has 2 nitrogen and oxygen atoms in total. The summed E-state index contributed by atoms with van der Waals surface area (Å²) in [5.74, 6) is 0. The number of hydrogen-bond donors (Lipinski definition) is 0. The summed E-state index contributed by atoms with van der Waals surface area (Å²) < 4.78 is 5.24. The Morgan fingerprint density at radius 2 is 2.13 bits per heavy atom. The fourth-order valence-corrected chi connectivity index (χ4v) is 1.99. The fourth-order valence-electron chi connectivity index (χ4n) is 1.99. The molecule has 0 saturated carbocycles. The second kappa shape index (κ2) is 4.04. The van der Waals surface area contributed by atoms with Gasteiger partial charge in [-0.3, -0.25) is 0 Å². The van der Waals surface area contributed by atoms with Gasteiger partial charge < -0.3 is 4.74 Å². The van der Waals surface area contributed by atoms with Crippen LogP contribution in [0.5, 0.6) is 0 Å². The van der Waals surface area contributed by atoms with Gasteiger partial charge >= 0.3 is 0 Å². The van der Waals surface area contributed by atoms with Crippen molar-refractivity contribution in [3.8, 4) is 6.07 Å². The van der Waals surface area contributed by atoms with Gasteiger partial charge in [0.15, 0.2) is 0 Å². The lowest BCUT2D eigenvalue weighted by molar-refractivity contribution is 0.350. The minimum absolute atomic E-state index is 0.296. The van der Waals surface area contributed by atoms with E-state index in [1.165, 1.54) is 0 Å². The zero-order valence-electron chi connectivity index (χ0n) is 8.94. The standard InChI is InChI=1S/C13H15NO/c1-2-13(10-14,8-12-9-15-12)11-6-4-3-5-7-11/h3-7,12H,2,8-9H2,1H3. The average Bonchev–Trinajstić information content (AvgIpc) is 3.11. The van der Waals surface area contributed by atoms with E-state index in [1.54, 1.807) is 0 Å². The number of ether oxygens (including phenoxy) is 1. The van der Waals surface area contributed by atoms with Gasteiger partial charge in [-0.2, -0.15) is 5.26 Å². The minimum atomic E-state index is -0.359. The highest BCUT2D eigenvalue weighted by Crippen LogP contribution is 2.35. The normalized spacial score (nSPS) is 22.8. The summed E-state index contributed by atoms with van der Waals surface area (Å²) >= 11 is 0. The predicted molar refractivity (Wildman–Crippen MR) is 58.4 cm³/mol. The molecule has 1 heterocycles. The van der Waals surface area contributed by atoms with Crippen molar-refractivity contribution in [1.29, 1.82) is 5.26 Å². The molecule has 2 rings (SSSR count). The van der Waals surface area contributed by atoms with Crippen LogP contribution in [-0.4, -0.2) is 12.7 Å². The van der Waals surface area contributed by atoms with Crippen molar-refractivity contribution in [2.75, 3.05) is 6.61 Å². The smallest absolute Gasteiger partial charge is 0.0845 e. The second-order valence-corrected chi connectivity index (χ2v) is 4.07. The van der Waals surface area contributed by atoms with Crippen LogP contribution in [0, 0.1) is 11.3 Å². The average molecular weight is 201 g/mol. The Morgan fingerprint density at radius 3 is 2.60 bits per heavy atom. The van der Waals surface area contributed by atoms with Crippen LogP contribution in [0.1, 0.15) is 25.3 Å². The van der Waals surface area contributed by atoms with Gasteiger partial charge in [0.2, 0.25) is 0 Å².